The average Bonchev–Trinajstić information content (AvgIpc) is 3.03. The van der Waals surface area contributed by atoms with E-state index >= 15 is 0 Å². The van der Waals surface area contributed by atoms with Crippen LogP contribution in [-0.4, -0.2) is 24.1 Å². The lowest BCUT2D eigenvalue weighted by molar-refractivity contribution is -0.386. The number of nitrogens with zero attached hydrogens (tertiary/aromatic N) is 1. The molecule has 136 valence electrons. The second-order valence-electron chi connectivity index (χ2n) is 6.18. The summed E-state index contributed by atoms with van der Waals surface area (Å²) in [5, 5.41) is 11.5. The van der Waals surface area contributed by atoms with Crippen molar-refractivity contribution in [2.45, 2.75) is 31.8 Å². The first-order chi connectivity index (χ1) is 12.5. The van der Waals surface area contributed by atoms with E-state index in [0.717, 1.165) is 12.8 Å². The molecule has 2 aromatic carbocycles. The second kappa shape index (κ2) is 7.86. The molecule has 2 aromatic rings. The van der Waals surface area contributed by atoms with Crippen molar-refractivity contribution in [1.29, 1.82) is 0 Å². The number of nitro groups is 1. The summed E-state index contributed by atoms with van der Waals surface area (Å²) in [6, 6.07) is 11.3. The number of halogens is 1. The molecule has 6 nitrogen and oxygen atoms in total. The van der Waals surface area contributed by atoms with Crippen LogP contribution in [0, 0.1) is 10.1 Å². The molecule has 0 fully saturated rings. The first-order valence-corrected chi connectivity index (χ1v) is 9.04. The normalized spacial score (nSPS) is 13.3. The van der Waals surface area contributed by atoms with Gasteiger partial charge in [-0.25, -0.2) is 0 Å². The molecule has 1 aliphatic rings. The zero-order chi connectivity index (χ0) is 18.7. The third kappa shape index (κ3) is 4.04. The number of benzene rings is 2. The van der Waals surface area contributed by atoms with Gasteiger partial charge in [0.05, 0.1) is 16.5 Å². The lowest BCUT2D eigenvalue weighted by atomic mass is 10.1. The van der Waals surface area contributed by atoms with E-state index in [-0.39, 0.29) is 29.9 Å². The maximum Gasteiger partial charge on any atom is 0.312 e. The Morgan fingerprint density at radius 1 is 1.27 bits per heavy atom. The molecule has 26 heavy (non-hydrogen) atoms. The predicted octanol–water partition coefficient (Wildman–Crippen LogP) is 4.01. The van der Waals surface area contributed by atoms with E-state index in [9.17, 15) is 14.9 Å². The molecular formula is C19H18BrNO5. The average molecular weight is 420 g/mol. The molecule has 0 unspecified atom stereocenters. The third-order valence-corrected chi connectivity index (χ3v) is 5.01. The maximum atomic E-state index is 11.5. The van der Waals surface area contributed by atoms with Crippen LogP contribution < -0.4 is 4.74 Å². The first-order valence-electron chi connectivity index (χ1n) is 8.25. The molecule has 0 radical (unpaired) electrons. The maximum absolute atomic E-state index is 11.5. The van der Waals surface area contributed by atoms with E-state index < -0.39 is 4.92 Å². The quantitative estimate of drug-likeness (QED) is 0.401. The number of rotatable bonds is 6. The molecular weight excluding hydrogens is 402 g/mol. The van der Waals surface area contributed by atoms with E-state index in [1.807, 2.05) is 12.1 Å². The molecule has 0 bridgehead atoms. The lowest BCUT2D eigenvalue weighted by Gasteiger charge is -2.15. The predicted molar refractivity (Wildman–Crippen MR) is 99.4 cm³/mol. The number of aryl methyl sites for hydroxylation is 1. The van der Waals surface area contributed by atoms with Crippen molar-refractivity contribution >= 4 is 27.6 Å². The Morgan fingerprint density at radius 3 is 2.50 bits per heavy atom. The van der Waals surface area contributed by atoms with Gasteiger partial charge >= 0.3 is 11.7 Å². The highest BCUT2D eigenvalue weighted by Gasteiger charge is 2.27. The topological polar surface area (TPSA) is 78.7 Å². The summed E-state index contributed by atoms with van der Waals surface area (Å²) in [5.41, 5.74) is 3.00. The second-order valence-corrected chi connectivity index (χ2v) is 7.03. The Labute approximate surface area is 159 Å². The van der Waals surface area contributed by atoms with Crippen molar-refractivity contribution in [3.8, 4) is 5.75 Å². The first kappa shape index (κ1) is 18.4. The minimum Gasteiger partial charge on any atom is -0.482 e. The number of methoxy groups -OCH3 is 1. The highest BCUT2D eigenvalue weighted by atomic mass is 79.9. The van der Waals surface area contributed by atoms with Crippen molar-refractivity contribution in [3.63, 3.8) is 0 Å². The Kier molecular flexibility index (Phi) is 5.56. The van der Waals surface area contributed by atoms with Gasteiger partial charge in [-0.05, 0) is 45.1 Å². The summed E-state index contributed by atoms with van der Waals surface area (Å²) in [5.74, 6) is -0.123. The molecule has 0 aliphatic heterocycles. The van der Waals surface area contributed by atoms with Crippen LogP contribution in [0.1, 0.15) is 23.1 Å². The van der Waals surface area contributed by atoms with Crippen LogP contribution in [0.2, 0.25) is 0 Å². The molecule has 0 N–H and O–H groups in total. The van der Waals surface area contributed by atoms with Gasteiger partial charge in [-0.2, -0.15) is 0 Å². The summed E-state index contributed by atoms with van der Waals surface area (Å²) in [4.78, 5) is 22.4. The van der Waals surface area contributed by atoms with Gasteiger partial charge in [0.15, 0.2) is 0 Å². The molecule has 7 heteroatoms. The van der Waals surface area contributed by atoms with E-state index in [4.69, 9.17) is 4.74 Å². The summed E-state index contributed by atoms with van der Waals surface area (Å²) in [6.07, 6.45) is 1.84. The van der Waals surface area contributed by atoms with Crippen LogP contribution in [0.5, 0.6) is 5.75 Å². The minimum absolute atomic E-state index is 0.102. The van der Waals surface area contributed by atoms with Gasteiger partial charge < -0.3 is 9.47 Å². The van der Waals surface area contributed by atoms with Gasteiger partial charge in [0.1, 0.15) is 6.10 Å². The SMILES string of the molecule is COC(=O)CCc1cc(Br)c(OC2Cc3ccccc3C2)c([N+](=O)[O-])c1. The van der Waals surface area contributed by atoms with Gasteiger partial charge in [-0.1, -0.05) is 24.3 Å². The van der Waals surface area contributed by atoms with Gasteiger partial charge in [0.25, 0.3) is 0 Å². The molecule has 0 saturated carbocycles. The Balaban J connectivity index is 1.81. The Morgan fingerprint density at radius 2 is 1.92 bits per heavy atom. The van der Waals surface area contributed by atoms with Gasteiger partial charge in [-0.15, -0.1) is 0 Å². The molecule has 0 saturated heterocycles. The minimum atomic E-state index is -0.455. The Bertz CT molecular complexity index is 827. The molecule has 1 aliphatic carbocycles. The van der Waals surface area contributed by atoms with Crippen molar-refractivity contribution in [2.75, 3.05) is 7.11 Å². The summed E-state index contributed by atoms with van der Waals surface area (Å²) in [6.45, 7) is 0. The molecule has 0 amide bonds. The third-order valence-electron chi connectivity index (χ3n) is 4.42. The number of fused-ring (bicyclic) bond motifs is 1. The zero-order valence-corrected chi connectivity index (χ0v) is 15.8. The fraction of sp³-hybridized carbons (Fsp3) is 0.316. The number of hydrogen-bond donors (Lipinski definition) is 0. The largest absolute Gasteiger partial charge is 0.482 e. The van der Waals surface area contributed by atoms with Gasteiger partial charge in [-0.3, -0.25) is 14.9 Å². The summed E-state index contributed by atoms with van der Waals surface area (Å²) in [7, 11) is 1.32. The van der Waals surface area contributed by atoms with E-state index in [0.29, 0.717) is 16.5 Å². The monoisotopic (exact) mass is 419 g/mol. The Hall–Kier alpha value is -2.41. The molecule has 0 atom stereocenters. The van der Waals surface area contributed by atoms with Crippen molar-refractivity contribution in [2.24, 2.45) is 0 Å². The number of nitro benzene ring substituents is 1. The van der Waals surface area contributed by atoms with Crippen molar-refractivity contribution < 1.29 is 19.2 Å². The van der Waals surface area contributed by atoms with E-state index in [1.165, 1.54) is 24.3 Å². The van der Waals surface area contributed by atoms with Crippen LogP contribution in [-0.2, 0) is 28.8 Å². The standard InChI is InChI=1S/C19H18BrNO5/c1-25-18(22)7-6-12-8-16(20)19(17(9-12)21(23)24)26-15-10-13-4-2-3-5-14(13)11-15/h2-5,8-9,15H,6-7,10-11H2,1H3. The number of esters is 1. The fourth-order valence-corrected chi connectivity index (χ4v) is 3.74. The van der Waals surface area contributed by atoms with Crippen molar-refractivity contribution in [3.05, 3.63) is 67.7 Å². The number of hydrogen-bond acceptors (Lipinski definition) is 5. The molecule has 0 heterocycles. The van der Waals surface area contributed by atoms with Crippen LogP contribution >= 0.6 is 15.9 Å². The van der Waals surface area contributed by atoms with Gasteiger partial charge in [0.2, 0.25) is 5.75 Å². The van der Waals surface area contributed by atoms with Crippen LogP contribution in [0.4, 0.5) is 5.69 Å². The number of carbonyl (C=O) groups is 1. The highest BCUT2D eigenvalue weighted by Crippen LogP contribution is 2.39. The number of ether oxygens (including phenoxy) is 2. The van der Waals surface area contributed by atoms with Gasteiger partial charge in [0, 0.05) is 25.3 Å². The number of carbonyl (C=O) groups excluding carboxylic acids is 1. The smallest absolute Gasteiger partial charge is 0.312 e. The molecule has 0 spiro atoms. The van der Waals surface area contributed by atoms with Crippen LogP contribution in [0.15, 0.2) is 40.9 Å². The van der Waals surface area contributed by atoms with E-state index in [1.54, 1.807) is 6.07 Å². The zero-order valence-electron chi connectivity index (χ0n) is 14.2. The summed E-state index contributed by atoms with van der Waals surface area (Å²) < 4.78 is 11.1. The molecule has 3 rings (SSSR count). The fourth-order valence-electron chi connectivity index (χ4n) is 3.15. The highest BCUT2D eigenvalue weighted by molar-refractivity contribution is 9.10. The van der Waals surface area contributed by atoms with E-state index in [2.05, 4.69) is 32.8 Å². The van der Waals surface area contributed by atoms with Crippen molar-refractivity contribution in [1.82, 2.24) is 0 Å². The van der Waals surface area contributed by atoms with Crippen LogP contribution in [0.3, 0.4) is 0 Å². The molecule has 0 aromatic heterocycles. The summed E-state index contributed by atoms with van der Waals surface area (Å²) >= 11 is 3.39. The lowest BCUT2D eigenvalue weighted by Crippen LogP contribution is -2.17. The van der Waals surface area contributed by atoms with Crippen LogP contribution in [0.25, 0.3) is 0 Å².